The molecule has 0 aromatic heterocycles. The molecule has 4 nitrogen and oxygen atoms in total. The molecule has 1 aromatic carbocycles. The normalized spacial score (nSPS) is 16.3. The van der Waals surface area contributed by atoms with Crippen LogP contribution in [-0.2, 0) is 4.79 Å². The lowest BCUT2D eigenvalue weighted by molar-refractivity contribution is -0.141. The molecule has 1 saturated carbocycles. The number of carbonyl (C=O) groups is 2. The average Bonchev–Trinajstić information content (AvgIpc) is 3.00. The van der Waals surface area contributed by atoms with Crippen molar-refractivity contribution in [1.82, 2.24) is 0 Å². The van der Waals surface area contributed by atoms with Gasteiger partial charge in [0.25, 0.3) is 5.56 Å². The molecule has 1 aliphatic rings. The largest absolute Gasteiger partial charge is 0.478 e. The predicted octanol–water partition coefficient (Wildman–Crippen LogP) is 4.30. The molecule has 1 aromatic rings. The minimum atomic E-state index is -1.51. The number of carbonyl (C=O) groups excluding carboxylic acids is 1. The fourth-order valence-corrected chi connectivity index (χ4v) is 2.92. The SMILES string of the molecule is C=C(C(=O)c1ccc(OC(Cl)C(=O)O)cc1Cl)C1CCCC1. The van der Waals surface area contributed by atoms with Crippen molar-refractivity contribution in [2.24, 2.45) is 5.92 Å². The zero-order valence-electron chi connectivity index (χ0n) is 11.9. The van der Waals surface area contributed by atoms with Gasteiger partial charge in [0.2, 0.25) is 0 Å². The number of hydrogen-bond donors (Lipinski definition) is 1. The van der Waals surface area contributed by atoms with Crippen molar-refractivity contribution < 1.29 is 19.4 Å². The number of carboxylic acid groups (broad SMARTS) is 1. The predicted molar refractivity (Wildman–Crippen MR) is 84.8 cm³/mol. The van der Waals surface area contributed by atoms with Gasteiger partial charge in [-0.3, -0.25) is 4.79 Å². The number of alkyl halides is 1. The Morgan fingerprint density at radius 1 is 1.32 bits per heavy atom. The molecule has 6 heteroatoms. The highest BCUT2D eigenvalue weighted by atomic mass is 35.5. The van der Waals surface area contributed by atoms with E-state index >= 15 is 0 Å². The first-order valence-electron chi connectivity index (χ1n) is 6.96. The molecule has 0 heterocycles. The van der Waals surface area contributed by atoms with Crippen molar-refractivity contribution in [3.8, 4) is 5.75 Å². The standard InChI is InChI=1S/C16H16Cl2O4/c1-9(10-4-2-3-5-10)14(19)12-7-6-11(8-13(12)17)22-15(18)16(20)21/h6-8,10,15H,1-5H2,(H,20,21). The fraction of sp³-hybridized carbons (Fsp3) is 0.375. The number of ketones is 1. The van der Waals surface area contributed by atoms with Gasteiger partial charge >= 0.3 is 5.97 Å². The number of carboxylic acids is 1. The third kappa shape index (κ3) is 3.81. The number of rotatable bonds is 6. The lowest BCUT2D eigenvalue weighted by Gasteiger charge is -2.14. The minimum absolute atomic E-state index is 0.177. The van der Waals surface area contributed by atoms with E-state index in [1.807, 2.05) is 0 Å². The van der Waals surface area contributed by atoms with Gasteiger partial charge < -0.3 is 9.84 Å². The Labute approximate surface area is 138 Å². The van der Waals surface area contributed by atoms with Crippen LogP contribution >= 0.6 is 23.2 Å². The first kappa shape index (κ1) is 16.8. The van der Waals surface area contributed by atoms with Gasteiger partial charge in [-0.1, -0.05) is 42.6 Å². The second-order valence-corrected chi connectivity index (χ2v) is 6.05. The Morgan fingerprint density at radius 3 is 2.50 bits per heavy atom. The number of benzene rings is 1. The van der Waals surface area contributed by atoms with Gasteiger partial charge in [0, 0.05) is 5.56 Å². The summed E-state index contributed by atoms with van der Waals surface area (Å²) in [5, 5.41) is 8.88. The van der Waals surface area contributed by atoms with Crippen LogP contribution in [0.15, 0.2) is 30.4 Å². The van der Waals surface area contributed by atoms with Crippen LogP contribution in [0, 0.1) is 5.92 Å². The van der Waals surface area contributed by atoms with Crippen molar-refractivity contribution in [2.75, 3.05) is 0 Å². The van der Waals surface area contributed by atoms with E-state index < -0.39 is 11.5 Å². The molecule has 1 unspecified atom stereocenters. The number of aliphatic carboxylic acids is 1. The Hall–Kier alpha value is -1.52. The molecule has 1 aliphatic carbocycles. The zero-order chi connectivity index (χ0) is 16.3. The van der Waals surface area contributed by atoms with Crippen LogP contribution in [0.3, 0.4) is 0 Å². The summed E-state index contributed by atoms with van der Waals surface area (Å²) < 4.78 is 5.00. The molecule has 0 radical (unpaired) electrons. The van der Waals surface area contributed by atoms with Gasteiger partial charge in [-0.2, -0.15) is 0 Å². The van der Waals surface area contributed by atoms with E-state index in [2.05, 4.69) is 6.58 Å². The molecule has 22 heavy (non-hydrogen) atoms. The van der Waals surface area contributed by atoms with Crippen molar-refractivity contribution in [2.45, 2.75) is 31.2 Å². The molecule has 1 N–H and O–H groups in total. The summed E-state index contributed by atoms with van der Waals surface area (Å²) in [7, 11) is 0. The first-order valence-corrected chi connectivity index (χ1v) is 7.78. The molecule has 2 rings (SSSR count). The van der Waals surface area contributed by atoms with Crippen LogP contribution in [0.4, 0.5) is 0 Å². The molecular weight excluding hydrogens is 327 g/mol. The van der Waals surface area contributed by atoms with Crippen molar-refractivity contribution in [1.29, 1.82) is 0 Å². The fourth-order valence-electron chi connectivity index (χ4n) is 2.56. The zero-order valence-corrected chi connectivity index (χ0v) is 13.4. The first-order chi connectivity index (χ1) is 10.4. The highest BCUT2D eigenvalue weighted by Crippen LogP contribution is 2.33. The summed E-state index contributed by atoms with van der Waals surface area (Å²) in [6.07, 6.45) is 4.19. The van der Waals surface area contributed by atoms with Crippen LogP contribution < -0.4 is 4.74 Å². The van der Waals surface area contributed by atoms with E-state index in [9.17, 15) is 9.59 Å². The maximum Gasteiger partial charge on any atom is 0.360 e. The summed E-state index contributed by atoms with van der Waals surface area (Å²) >= 11 is 11.6. The highest BCUT2D eigenvalue weighted by molar-refractivity contribution is 6.35. The van der Waals surface area contributed by atoms with Gasteiger partial charge in [-0.15, -0.1) is 0 Å². The van der Waals surface area contributed by atoms with Crippen molar-refractivity contribution in [3.05, 3.63) is 40.9 Å². The molecule has 0 bridgehead atoms. The van der Waals surface area contributed by atoms with E-state index in [4.69, 9.17) is 33.0 Å². The van der Waals surface area contributed by atoms with Crippen LogP contribution in [0.2, 0.25) is 5.02 Å². The quantitative estimate of drug-likeness (QED) is 0.475. The Kier molecular flexibility index (Phi) is 5.48. The number of hydrogen-bond acceptors (Lipinski definition) is 3. The molecule has 0 aliphatic heterocycles. The lowest BCUT2D eigenvalue weighted by Crippen LogP contribution is -2.20. The molecule has 0 saturated heterocycles. The van der Waals surface area contributed by atoms with Gasteiger partial charge in [0.1, 0.15) is 5.75 Å². The monoisotopic (exact) mass is 342 g/mol. The number of halogens is 2. The molecule has 0 spiro atoms. The minimum Gasteiger partial charge on any atom is -0.478 e. The summed E-state index contributed by atoms with van der Waals surface area (Å²) in [6.45, 7) is 3.91. The van der Waals surface area contributed by atoms with Crippen LogP contribution in [0.5, 0.6) is 5.75 Å². The second kappa shape index (κ2) is 7.16. The van der Waals surface area contributed by atoms with E-state index in [1.165, 1.54) is 18.2 Å². The third-order valence-corrected chi connectivity index (χ3v) is 4.35. The van der Waals surface area contributed by atoms with Crippen molar-refractivity contribution in [3.63, 3.8) is 0 Å². The maximum absolute atomic E-state index is 12.4. The van der Waals surface area contributed by atoms with Gasteiger partial charge in [0.15, 0.2) is 5.78 Å². The molecule has 118 valence electrons. The summed E-state index contributed by atoms with van der Waals surface area (Å²) in [6, 6.07) is 4.36. The van der Waals surface area contributed by atoms with Crippen LogP contribution in [0.1, 0.15) is 36.0 Å². The summed E-state index contributed by atoms with van der Waals surface area (Å²) in [5.74, 6) is -1.06. The molecule has 1 fully saturated rings. The number of Topliss-reactive ketones (excluding diaryl/α,β-unsaturated/α-hetero) is 1. The molecule has 0 amide bonds. The Morgan fingerprint density at radius 2 is 1.95 bits per heavy atom. The highest BCUT2D eigenvalue weighted by Gasteiger charge is 2.25. The van der Waals surface area contributed by atoms with E-state index in [1.54, 1.807) is 0 Å². The summed E-state index contributed by atoms with van der Waals surface area (Å²) in [4.78, 5) is 23.1. The van der Waals surface area contributed by atoms with Gasteiger partial charge in [0.05, 0.1) is 5.02 Å². The topological polar surface area (TPSA) is 63.6 Å². The third-order valence-electron chi connectivity index (χ3n) is 3.76. The smallest absolute Gasteiger partial charge is 0.360 e. The lowest BCUT2D eigenvalue weighted by atomic mass is 9.92. The van der Waals surface area contributed by atoms with Gasteiger partial charge in [-0.05, 0) is 42.5 Å². The maximum atomic E-state index is 12.4. The van der Waals surface area contributed by atoms with Crippen LogP contribution in [-0.4, -0.2) is 22.4 Å². The van der Waals surface area contributed by atoms with E-state index in [0.29, 0.717) is 11.1 Å². The van der Waals surface area contributed by atoms with Gasteiger partial charge in [-0.25, -0.2) is 4.79 Å². The molecule has 1 atom stereocenters. The number of ether oxygens (including phenoxy) is 1. The van der Waals surface area contributed by atoms with E-state index in [0.717, 1.165) is 25.7 Å². The second-order valence-electron chi connectivity index (χ2n) is 5.25. The van der Waals surface area contributed by atoms with E-state index in [-0.39, 0.29) is 22.5 Å². The summed E-state index contributed by atoms with van der Waals surface area (Å²) in [5.41, 5.74) is -0.590. The Balaban J connectivity index is 2.13. The van der Waals surface area contributed by atoms with Crippen molar-refractivity contribution >= 4 is 35.0 Å². The Bertz CT molecular complexity index is 606. The number of allylic oxidation sites excluding steroid dienone is 1. The average molecular weight is 343 g/mol. The molecular formula is C16H16Cl2O4. The van der Waals surface area contributed by atoms with Crippen LogP contribution in [0.25, 0.3) is 0 Å².